The molecular weight excluding hydrogens is 1410 g/mol. The lowest BCUT2D eigenvalue weighted by atomic mass is 10.0. The van der Waals surface area contributed by atoms with Crippen LogP contribution in [-0.2, 0) is 64.4 Å². The molecule has 0 amide bonds. The molecular formula is C87H72N6O6P6. The third-order valence-electron chi connectivity index (χ3n) is 22.3. The van der Waals surface area contributed by atoms with Crippen LogP contribution >= 0.6 is 42.9 Å². The van der Waals surface area contributed by atoms with Crippen molar-refractivity contribution in [2.75, 3.05) is 52.4 Å². The second-order valence-corrected chi connectivity index (χ2v) is 46.2. The molecule has 6 atom stereocenters. The van der Waals surface area contributed by atoms with Crippen molar-refractivity contribution in [3.8, 4) is 66.8 Å². The number of aromatic nitrogens is 3. The molecule has 13 aromatic rings. The lowest BCUT2D eigenvalue weighted by Crippen LogP contribution is -2.39. The minimum absolute atomic E-state index is 0.00354. The third kappa shape index (κ3) is 11.4. The highest BCUT2D eigenvalue weighted by molar-refractivity contribution is 7.74. The maximum Gasteiger partial charge on any atom is 0.232 e. The maximum absolute atomic E-state index is 17.3. The fourth-order valence-electron chi connectivity index (χ4n) is 17.7. The molecule has 1 aromatic heterocycles. The second kappa shape index (κ2) is 25.6. The molecule has 0 spiro atoms. The summed E-state index contributed by atoms with van der Waals surface area (Å²) in [4.78, 5) is 22.8. The Labute approximate surface area is 611 Å². The Bertz CT molecular complexity index is 5170. The molecule has 12 nitrogen and oxygen atoms in total. The molecule has 0 saturated heterocycles. The van der Waals surface area contributed by atoms with Gasteiger partial charge in [-0.05, 0) is 100 Å². The van der Waals surface area contributed by atoms with E-state index in [1.54, 1.807) is 0 Å². The van der Waals surface area contributed by atoms with Gasteiger partial charge in [-0.1, -0.05) is 291 Å². The molecule has 6 aliphatic rings. The van der Waals surface area contributed by atoms with Crippen molar-refractivity contribution in [2.45, 2.75) is 37.0 Å². The number of benzene rings is 12. The predicted molar refractivity (Wildman–Crippen MR) is 433 cm³/mol. The molecule has 12 aromatic carbocycles. The Morgan fingerprint density at radius 1 is 0.190 bits per heavy atom. The van der Waals surface area contributed by atoms with E-state index in [9.17, 15) is 0 Å². The molecule has 6 unspecified atom stereocenters. The molecule has 0 N–H and O–H groups in total. The molecule has 0 radical (unpaired) electrons. The average Bonchev–Trinajstić information content (AvgIpc) is 0.731. The zero-order chi connectivity index (χ0) is 70.9. The van der Waals surface area contributed by atoms with Crippen LogP contribution < -0.4 is 46.5 Å². The van der Waals surface area contributed by atoms with Gasteiger partial charge in [0.15, 0.2) is 0 Å². The Morgan fingerprint density at radius 3 is 0.486 bits per heavy atom. The quantitative estimate of drug-likeness (QED) is 0.0899. The van der Waals surface area contributed by atoms with Gasteiger partial charge in [0.1, 0.15) is 42.9 Å². The van der Waals surface area contributed by atoms with E-state index in [0.29, 0.717) is 31.8 Å². The fourth-order valence-corrected chi connectivity index (χ4v) is 36.3. The molecule has 7 heterocycles. The highest BCUT2D eigenvalue weighted by Crippen LogP contribution is 2.64. The van der Waals surface area contributed by atoms with Crippen LogP contribution in [0.15, 0.2) is 291 Å². The average molecular weight is 1480 g/mol. The van der Waals surface area contributed by atoms with Crippen molar-refractivity contribution in [2.24, 2.45) is 0 Å². The molecule has 516 valence electrons. The lowest BCUT2D eigenvalue weighted by molar-refractivity contribution is 0.573. The maximum atomic E-state index is 17.3. The summed E-state index contributed by atoms with van der Waals surface area (Å²) in [6.07, 6.45) is -0.0990. The highest BCUT2D eigenvalue weighted by atomic mass is 31.2. The number of hydrogen-bond acceptors (Lipinski definition) is 12. The molecule has 19 rings (SSSR count). The summed E-state index contributed by atoms with van der Waals surface area (Å²) in [7, 11) is -22.3. The Balaban J connectivity index is 0.879. The molecule has 6 aliphatic heterocycles. The van der Waals surface area contributed by atoms with E-state index in [-0.39, 0.29) is 92.5 Å². The van der Waals surface area contributed by atoms with Crippen LogP contribution in [0.5, 0.6) is 0 Å². The Hall–Kier alpha value is -9.57. The third-order valence-corrected chi connectivity index (χ3v) is 39.8. The largest absolute Gasteiger partial charge is 0.326 e. The first-order chi connectivity index (χ1) is 51.1. The van der Waals surface area contributed by atoms with Crippen molar-refractivity contribution in [3.05, 3.63) is 325 Å². The zero-order valence-electron chi connectivity index (χ0n) is 57.5. The summed E-state index contributed by atoms with van der Waals surface area (Å²) in [5.74, 6) is 0.0106. The first-order valence-electron chi connectivity index (χ1n) is 35.7. The van der Waals surface area contributed by atoms with Crippen molar-refractivity contribution >= 4 is 92.5 Å². The normalized spacial score (nSPS) is 22.2. The van der Waals surface area contributed by atoms with Gasteiger partial charge < -0.3 is 42.1 Å². The summed E-state index contributed by atoms with van der Waals surface area (Å²) < 4.78 is 104. The van der Waals surface area contributed by atoms with Crippen molar-refractivity contribution < 1.29 is 27.4 Å². The summed E-state index contributed by atoms with van der Waals surface area (Å²) >= 11 is 0. The SMILES string of the molecule is O=P1(CN(CP2(=O)Cc3ccccc3-c3ccccc32)c2nc(N(CP3(=O)Cc4ccccc4-c4ccccc43)CP3(=O)Cc4ccccc4-c4ccccc43)nc(N(CP3(=O)Cc4ccccc4-c4ccccc43)CP3(=O)Cc4ccccc4-c4ccccc43)n2)Cc2ccccc2-c2ccccc21. The number of hydrogen-bond donors (Lipinski definition) is 0. The van der Waals surface area contributed by atoms with Crippen LogP contribution in [0.4, 0.5) is 17.8 Å². The van der Waals surface area contributed by atoms with Gasteiger partial charge in [0.2, 0.25) is 17.8 Å². The number of nitrogens with zero attached hydrogens (tertiary/aromatic N) is 6. The van der Waals surface area contributed by atoms with Gasteiger partial charge in [-0.2, -0.15) is 15.0 Å². The van der Waals surface area contributed by atoms with Crippen LogP contribution in [-0.4, -0.2) is 52.7 Å². The molecule has 18 heteroatoms. The van der Waals surface area contributed by atoms with Crippen LogP contribution in [0.2, 0.25) is 0 Å². The van der Waals surface area contributed by atoms with Gasteiger partial charge in [0.25, 0.3) is 0 Å². The number of anilines is 3. The van der Waals surface area contributed by atoms with Gasteiger partial charge in [-0.15, -0.1) is 0 Å². The lowest BCUT2D eigenvalue weighted by Gasteiger charge is -2.39. The van der Waals surface area contributed by atoms with Crippen molar-refractivity contribution in [1.29, 1.82) is 0 Å². The van der Waals surface area contributed by atoms with Crippen LogP contribution in [0, 0.1) is 0 Å². The molecule has 0 fully saturated rings. The van der Waals surface area contributed by atoms with Gasteiger partial charge in [0, 0.05) is 68.8 Å². The Morgan fingerprint density at radius 2 is 0.324 bits per heavy atom. The minimum atomic E-state index is -3.71. The van der Waals surface area contributed by atoms with Crippen LogP contribution in [0.25, 0.3) is 66.8 Å². The van der Waals surface area contributed by atoms with E-state index in [2.05, 4.69) is 36.4 Å². The van der Waals surface area contributed by atoms with E-state index in [4.69, 9.17) is 15.0 Å². The minimum Gasteiger partial charge on any atom is -0.326 e. The number of rotatable bonds is 15. The summed E-state index contributed by atoms with van der Waals surface area (Å²) in [5.41, 5.74) is 16.4. The molecule has 0 saturated carbocycles. The van der Waals surface area contributed by atoms with Crippen LogP contribution in [0.3, 0.4) is 0 Å². The smallest absolute Gasteiger partial charge is 0.232 e. The molecule has 0 bridgehead atoms. The van der Waals surface area contributed by atoms with Crippen LogP contribution in [0.1, 0.15) is 33.4 Å². The fraction of sp³-hybridized carbons (Fsp3) is 0.138. The van der Waals surface area contributed by atoms with E-state index in [1.165, 1.54) is 0 Å². The summed E-state index contributed by atoms with van der Waals surface area (Å²) in [6, 6.07) is 95.8. The van der Waals surface area contributed by atoms with Gasteiger partial charge in [0.05, 0.1) is 37.7 Å². The van der Waals surface area contributed by atoms with Crippen molar-refractivity contribution in [3.63, 3.8) is 0 Å². The monoisotopic (exact) mass is 1480 g/mol. The standard InChI is InChI=1S/C87H72N6O6P6/c94-100(49-61-25-1-7-31-67(61)73-37-13-19-43-79(73)100)55-91(56-101(95)50-62-26-2-8-32-68(62)74-38-14-20-44-80(74)101)85-88-86(92(57-102(96)51-63-27-3-9-33-69(63)75-39-15-21-45-81(75)102)58-103(97)52-64-28-4-10-34-70(64)76-40-16-22-46-82(76)103)90-87(89-85)93(59-104(98)53-65-29-5-11-35-71(65)77-41-17-23-47-83(77)104)60-105(99)54-66-30-6-12-36-72(66)78-42-18-24-48-84(78)105/h1-48H,49-60H2. The molecule has 0 aliphatic carbocycles. The second-order valence-electron chi connectivity index (χ2n) is 29.0. The zero-order valence-corrected chi connectivity index (χ0v) is 62.9. The summed E-state index contributed by atoms with van der Waals surface area (Å²) in [5, 5.41) is 4.04. The number of fused-ring (bicyclic) bond motifs is 18. The van der Waals surface area contributed by atoms with E-state index >= 15 is 27.4 Å². The van der Waals surface area contributed by atoms with Gasteiger partial charge in [-0.25, -0.2) is 0 Å². The molecule has 105 heavy (non-hydrogen) atoms. The van der Waals surface area contributed by atoms with E-state index in [0.717, 1.165) is 100 Å². The first-order valence-corrected chi connectivity index (χ1v) is 48.2. The predicted octanol–water partition coefficient (Wildman–Crippen LogP) is 19.3. The van der Waals surface area contributed by atoms with Gasteiger partial charge >= 0.3 is 0 Å². The Kier molecular flexibility index (Phi) is 16.1. The van der Waals surface area contributed by atoms with Gasteiger partial charge in [-0.3, -0.25) is 0 Å². The topological polar surface area (TPSA) is 151 Å². The van der Waals surface area contributed by atoms with E-state index < -0.39 is 42.9 Å². The highest BCUT2D eigenvalue weighted by Gasteiger charge is 2.47. The van der Waals surface area contributed by atoms with E-state index in [1.807, 2.05) is 269 Å². The van der Waals surface area contributed by atoms with Crippen molar-refractivity contribution in [1.82, 2.24) is 15.0 Å². The first kappa shape index (κ1) is 66.1. The summed E-state index contributed by atoms with van der Waals surface area (Å²) in [6.45, 7) is 0.